The number of hydrogen-bond acceptors (Lipinski definition) is 4. The highest BCUT2D eigenvalue weighted by atomic mass is 16.5. The molecule has 0 aliphatic carbocycles. The van der Waals surface area contributed by atoms with E-state index in [0.29, 0.717) is 12.2 Å². The first kappa shape index (κ1) is 12.2. The van der Waals surface area contributed by atoms with E-state index in [-0.39, 0.29) is 0 Å². The lowest BCUT2D eigenvalue weighted by molar-refractivity contribution is 0.0249. The zero-order chi connectivity index (χ0) is 12.5. The number of nitrogens with zero attached hydrogens (tertiary/aromatic N) is 2. The molecular weight excluding hydrogens is 228 g/mol. The minimum atomic E-state index is 0.436. The summed E-state index contributed by atoms with van der Waals surface area (Å²) in [4.78, 5) is 4.70. The molecule has 3 rings (SSSR count). The molecule has 4 heteroatoms. The third-order valence-electron chi connectivity index (χ3n) is 3.94. The molecule has 0 radical (unpaired) electrons. The summed E-state index contributed by atoms with van der Waals surface area (Å²) < 4.78 is 11.3. The molecule has 0 spiro atoms. The fourth-order valence-corrected chi connectivity index (χ4v) is 3.24. The van der Waals surface area contributed by atoms with E-state index in [1.54, 1.807) is 6.26 Å². The molecule has 3 atom stereocenters. The van der Waals surface area contributed by atoms with Crippen molar-refractivity contribution in [3.05, 3.63) is 24.2 Å². The second kappa shape index (κ2) is 5.03. The quantitative estimate of drug-likeness (QED) is 0.808. The summed E-state index contributed by atoms with van der Waals surface area (Å²) in [6.45, 7) is 4.28. The molecule has 2 fully saturated rings. The van der Waals surface area contributed by atoms with E-state index in [2.05, 4.69) is 23.9 Å². The number of likely N-dealkylation sites (N-methyl/N-ethyl adjacent to an activating group) is 1. The summed E-state index contributed by atoms with van der Waals surface area (Å²) in [7, 11) is 4.23. The Bertz CT molecular complexity index is 363. The second-order valence-corrected chi connectivity index (χ2v) is 5.88. The van der Waals surface area contributed by atoms with Crippen molar-refractivity contribution < 1.29 is 9.15 Å². The summed E-state index contributed by atoms with van der Waals surface area (Å²) in [5, 5.41) is 0. The molecule has 2 aliphatic heterocycles. The molecule has 1 aromatic heterocycles. The van der Waals surface area contributed by atoms with Crippen molar-refractivity contribution in [1.82, 2.24) is 9.80 Å². The van der Waals surface area contributed by atoms with Gasteiger partial charge in [-0.25, -0.2) is 0 Å². The molecule has 0 aromatic carbocycles. The van der Waals surface area contributed by atoms with Crippen LogP contribution in [0.25, 0.3) is 0 Å². The first-order valence-electron chi connectivity index (χ1n) is 6.74. The van der Waals surface area contributed by atoms with Gasteiger partial charge in [0.1, 0.15) is 0 Å². The van der Waals surface area contributed by atoms with Gasteiger partial charge in [0.15, 0.2) is 0 Å². The Morgan fingerprint density at radius 1 is 1.39 bits per heavy atom. The third kappa shape index (κ3) is 2.60. The molecule has 0 bridgehead atoms. The fraction of sp³-hybridized carbons (Fsp3) is 0.714. The number of hydrogen-bond donors (Lipinski definition) is 0. The highest BCUT2D eigenvalue weighted by molar-refractivity contribution is 5.06. The van der Waals surface area contributed by atoms with E-state index >= 15 is 0 Å². The zero-order valence-electron chi connectivity index (χ0n) is 11.2. The second-order valence-electron chi connectivity index (χ2n) is 5.88. The topological polar surface area (TPSA) is 28.9 Å². The Hall–Kier alpha value is -0.840. The average Bonchev–Trinajstić information content (AvgIpc) is 2.93. The monoisotopic (exact) mass is 250 g/mol. The maximum atomic E-state index is 6.14. The van der Waals surface area contributed by atoms with Crippen molar-refractivity contribution in [3.8, 4) is 0 Å². The molecular formula is C14H22N2O2. The molecule has 4 nitrogen and oxygen atoms in total. The van der Waals surface area contributed by atoms with Crippen LogP contribution in [-0.4, -0.2) is 55.7 Å². The summed E-state index contributed by atoms with van der Waals surface area (Å²) >= 11 is 0. The van der Waals surface area contributed by atoms with Gasteiger partial charge in [-0.2, -0.15) is 0 Å². The van der Waals surface area contributed by atoms with Crippen LogP contribution in [-0.2, 0) is 11.3 Å². The Balaban J connectivity index is 1.50. The first-order valence-corrected chi connectivity index (χ1v) is 6.74. The summed E-state index contributed by atoms with van der Waals surface area (Å²) in [5.41, 5.74) is 1.26. The summed E-state index contributed by atoms with van der Waals surface area (Å²) in [6, 6.07) is 2.05. The van der Waals surface area contributed by atoms with E-state index in [4.69, 9.17) is 9.15 Å². The van der Waals surface area contributed by atoms with Crippen molar-refractivity contribution >= 4 is 0 Å². The first-order chi connectivity index (χ1) is 8.70. The molecule has 1 aromatic rings. The molecule has 0 amide bonds. The van der Waals surface area contributed by atoms with Gasteiger partial charge in [-0.3, -0.25) is 4.90 Å². The average molecular weight is 250 g/mol. The molecule has 0 N–H and O–H groups in total. The van der Waals surface area contributed by atoms with E-state index in [0.717, 1.165) is 25.6 Å². The van der Waals surface area contributed by atoms with Gasteiger partial charge >= 0.3 is 0 Å². The van der Waals surface area contributed by atoms with Gasteiger partial charge in [0.2, 0.25) is 0 Å². The predicted molar refractivity (Wildman–Crippen MR) is 69.3 cm³/mol. The number of furan rings is 1. The van der Waals surface area contributed by atoms with E-state index < -0.39 is 0 Å². The number of rotatable bonds is 4. The zero-order valence-corrected chi connectivity index (χ0v) is 11.2. The molecule has 0 saturated carbocycles. The minimum absolute atomic E-state index is 0.436. The molecule has 2 saturated heterocycles. The standard InChI is InChI=1S/C14H22N2O2/c1-15(2)8-13-5-12-7-16(9-14(12)18-13)6-11-3-4-17-10-11/h3-4,10,12-14H,5-9H2,1-2H3/t12-,13-,14+/m1/s1. The van der Waals surface area contributed by atoms with Crippen LogP contribution in [0.15, 0.2) is 23.0 Å². The van der Waals surface area contributed by atoms with Crippen molar-refractivity contribution in [1.29, 1.82) is 0 Å². The number of ether oxygens (including phenoxy) is 1. The van der Waals surface area contributed by atoms with Crippen molar-refractivity contribution in [2.45, 2.75) is 25.2 Å². The van der Waals surface area contributed by atoms with Crippen LogP contribution in [0.3, 0.4) is 0 Å². The lowest BCUT2D eigenvalue weighted by Crippen LogP contribution is -2.29. The van der Waals surface area contributed by atoms with Gasteiger partial charge in [0, 0.05) is 37.7 Å². The van der Waals surface area contributed by atoms with Gasteiger partial charge in [-0.1, -0.05) is 0 Å². The van der Waals surface area contributed by atoms with Gasteiger partial charge in [0.25, 0.3) is 0 Å². The van der Waals surface area contributed by atoms with E-state index in [9.17, 15) is 0 Å². The van der Waals surface area contributed by atoms with Crippen LogP contribution >= 0.6 is 0 Å². The van der Waals surface area contributed by atoms with Crippen LogP contribution in [0.4, 0.5) is 0 Å². The highest BCUT2D eigenvalue weighted by Crippen LogP contribution is 2.33. The molecule has 3 heterocycles. The van der Waals surface area contributed by atoms with Crippen LogP contribution in [0.1, 0.15) is 12.0 Å². The van der Waals surface area contributed by atoms with E-state index in [1.807, 2.05) is 12.3 Å². The molecule has 2 aliphatic rings. The number of likely N-dealkylation sites (tertiary alicyclic amines) is 1. The Kier molecular flexibility index (Phi) is 3.41. The van der Waals surface area contributed by atoms with Crippen molar-refractivity contribution in [2.24, 2.45) is 5.92 Å². The summed E-state index contributed by atoms with van der Waals surface area (Å²) in [6.07, 6.45) is 5.68. The Morgan fingerprint density at radius 3 is 2.94 bits per heavy atom. The van der Waals surface area contributed by atoms with Crippen molar-refractivity contribution in [2.75, 3.05) is 33.7 Å². The van der Waals surface area contributed by atoms with Crippen LogP contribution in [0.5, 0.6) is 0 Å². The molecule has 0 unspecified atom stereocenters. The summed E-state index contributed by atoms with van der Waals surface area (Å²) in [5.74, 6) is 0.724. The smallest absolute Gasteiger partial charge is 0.0947 e. The van der Waals surface area contributed by atoms with Gasteiger partial charge in [-0.05, 0) is 26.6 Å². The maximum Gasteiger partial charge on any atom is 0.0947 e. The van der Waals surface area contributed by atoms with Crippen LogP contribution in [0.2, 0.25) is 0 Å². The largest absolute Gasteiger partial charge is 0.472 e. The Morgan fingerprint density at radius 2 is 2.28 bits per heavy atom. The van der Waals surface area contributed by atoms with Crippen LogP contribution in [0, 0.1) is 5.92 Å². The van der Waals surface area contributed by atoms with Crippen molar-refractivity contribution in [3.63, 3.8) is 0 Å². The lowest BCUT2D eigenvalue weighted by atomic mass is 10.0. The minimum Gasteiger partial charge on any atom is -0.472 e. The highest BCUT2D eigenvalue weighted by Gasteiger charge is 2.41. The lowest BCUT2D eigenvalue weighted by Gasteiger charge is -2.20. The van der Waals surface area contributed by atoms with Gasteiger partial charge in [0.05, 0.1) is 24.7 Å². The van der Waals surface area contributed by atoms with Crippen LogP contribution < -0.4 is 0 Å². The van der Waals surface area contributed by atoms with Gasteiger partial charge in [-0.15, -0.1) is 0 Å². The fourth-order valence-electron chi connectivity index (χ4n) is 3.24. The SMILES string of the molecule is CN(C)C[C@H]1C[C@@H]2CN(Cc3ccoc3)C[C@@H]2O1. The third-order valence-corrected chi connectivity index (χ3v) is 3.94. The van der Waals surface area contributed by atoms with Gasteiger partial charge < -0.3 is 14.1 Å². The number of fused-ring (bicyclic) bond motifs is 1. The molecule has 18 heavy (non-hydrogen) atoms. The normalized spacial score (nSPS) is 32.3. The Labute approximate surface area is 108 Å². The predicted octanol–water partition coefficient (Wildman–Crippen LogP) is 1.43. The maximum absolute atomic E-state index is 6.14. The molecule has 100 valence electrons. The van der Waals surface area contributed by atoms with E-state index in [1.165, 1.54) is 18.5 Å².